The van der Waals surface area contributed by atoms with Crippen LogP contribution in [0.3, 0.4) is 0 Å². The zero-order chi connectivity index (χ0) is 11.1. The summed E-state index contributed by atoms with van der Waals surface area (Å²) in [5.74, 6) is -0.00407. The Morgan fingerprint density at radius 3 is 2.29 bits per heavy atom. The quantitative estimate of drug-likeness (QED) is 0.735. The monoisotopic (exact) mass is 203 g/mol. The largest absolute Gasteiger partial charge is 0.417 e. The van der Waals surface area contributed by atoms with Crippen molar-refractivity contribution in [1.29, 1.82) is 0 Å². The Labute approximate surface area is 82.9 Å². The zero-order valence-corrected chi connectivity index (χ0v) is 8.84. The lowest BCUT2D eigenvalue weighted by atomic mass is 10.2. The molecular formula is C10H15F2NO. The first-order valence-corrected chi connectivity index (χ1v) is 4.47. The second-order valence-corrected chi connectivity index (χ2v) is 2.51. The van der Waals surface area contributed by atoms with Crippen LogP contribution in [0.1, 0.15) is 25.0 Å². The van der Waals surface area contributed by atoms with Crippen LogP contribution in [0, 0.1) is 13.8 Å². The van der Waals surface area contributed by atoms with E-state index in [1.165, 1.54) is 6.20 Å². The molecule has 0 amide bonds. The van der Waals surface area contributed by atoms with Gasteiger partial charge in [0.05, 0.1) is 0 Å². The molecule has 0 saturated heterocycles. The molecule has 80 valence electrons. The van der Waals surface area contributed by atoms with Crippen LogP contribution in [-0.2, 0) is 0 Å². The van der Waals surface area contributed by atoms with Crippen molar-refractivity contribution in [2.24, 2.45) is 0 Å². The number of hydrogen-bond donors (Lipinski definition) is 0. The van der Waals surface area contributed by atoms with E-state index in [9.17, 15) is 8.78 Å². The van der Waals surface area contributed by atoms with Crippen molar-refractivity contribution >= 4 is 0 Å². The predicted octanol–water partition coefficient (Wildman–Crippen LogP) is 3.33. The Balaban J connectivity index is 0.000000791. The van der Waals surface area contributed by atoms with Crippen LogP contribution in [0.5, 0.6) is 5.88 Å². The SMILES string of the molecule is CC.Cc1cnc(OC(F)F)c(C)c1. The smallest absolute Gasteiger partial charge is 0.388 e. The molecule has 1 aromatic heterocycles. The third-order valence-corrected chi connectivity index (χ3v) is 1.37. The molecule has 0 radical (unpaired) electrons. The minimum absolute atomic E-state index is 0.00407. The van der Waals surface area contributed by atoms with Crippen molar-refractivity contribution in [2.45, 2.75) is 34.3 Å². The number of rotatable bonds is 2. The fourth-order valence-corrected chi connectivity index (χ4v) is 0.911. The highest BCUT2D eigenvalue weighted by atomic mass is 19.3. The molecule has 0 unspecified atom stereocenters. The molecule has 0 N–H and O–H groups in total. The van der Waals surface area contributed by atoms with E-state index < -0.39 is 6.61 Å². The van der Waals surface area contributed by atoms with E-state index in [0.29, 0.717) is 5.56 Å². The van der Waals surface area contributed by atoms with Crippen molar-refractivity contribution in [3.8, 4) is 5.88 Å². The number of hydrogen-bond acceptors (Lipinski definition) is 2. The summed E-state index contributed by atoms with van der Waals surface area (Å²) in [7, 11) is 0. The third kappa shape index (κ3) is 4.16. The first-order valence-electron chi connectivity index (χ1n) is 4.47. The van der Waals surface area contributed by atoms with Crippen molar-refractivity contribution in [3.05, 3.63) is 23.4 Å². The molecule has 0 atom stereocenters. The van der Waals surface area contributed by atoms with Crippen molar-refractivity contribution < 1.29 is 13.5 Å². The summed E-state index contributed by atoms with van der Waals surface area (Å²) in [6.45, 7) is 4.71. The summed E-state index contributed by atoms with van der Waals surface area (Å²) >= 11 is 0. The molecule has 14 heavy (non-hydrogen) atoms. The first-order chi connectivity index (χ1) is 6.59. The summed E-state index contributed by atoms with van der Waals surface area (Å²) in [5.41, 5.74) is 1.55. The van der Waals surface area contributed by atoms with E-state index in [0.717, 1.165) is 5.56 Å². The Bertz CT molecular complexity index is 277. The lowest BCUT2D eigenvalue weighted by Crippen LogP contribution is -2.05. The normalized spacial score (nSPS) is 9.36. The lowest BCUT2D eigenvalue weighted by Gasteiger charge is -2.05. The molecule has 0 aliphatic rings. The zero-order valence-electron chi connectivity index (χ0n) is 8.84. The van der Waals surface area contributed by atoms with Crippen LogP contribution >= 0.6 is 0 Å². The van der Waals surface area contributed by atoms with Crippen molar-refractivity contribution in [1.82, 2.24) is 4.98 Å². The van der Waals surface area contributed by atoms with Crippen LogP contribution in [0.15, 0.2) is 12.3 Å². The highest BCUT2D eigenvalue weighted by Gasteiger charge is 2.07. The van der Waals surface area contributed by atoms with Crippen LogP contribution in [0.4, 0.5) is 8.78 Å². The van der Waals surface area contributed by atoms with Crippen LogP contribution in [0.25, 0.3) is 0 Å². The standard InChI is InChI=1S/C8H9F2NO.C2H6/c1-5-3-6(2)7(11-4-5)12-8(9)10;1-2/h3-4,8H,1-2H3;1-2H3. The third-order valence-electron chi connectivity index (χ3n) is 1.37. The fraction of sp³-hybridized carbons (Fsp3) is 0.500. The molecule has 0 fully saturated rings. The summed E-state index contributed by atoms with van der Waals surface area (Å²) in [6, 6.07) is 1.74. The number of alkyl halides is 2. The molecule has 4 heteroatoms. The van der Waals surface area contributed by atoms with Gasteiger partial charge in [0.25, 0.3) is 0 Å². The number of pyridine rings is 1. The number of nitrogens with zero attached hydrogens (tertiary/aromatic N) is 1. The van der Waals surface area contributed by atoms with Gasteiger partial charge < -0.3 is 4.74 Å². The van der Waals surface area contributed by atoms with Gasteiger partial charge in [-0.1, -0.05) is 13.8 Å². The van der Waals surface area contributed by atoms with Gasteiger partial charge in [0.2, 0.25) is 5.88 Å². The Morgan fingerprint density at radius 1 is 1.29 bits per heavy atom. The van der Waals surface area contributed by atoms with Gasteiger partial charge in [-0.3, -0.25) is 0 Å². The van der Waals surface area contributed by atoms with Crippen molar-refractivity contribution in [2.75, 3.05) is 0 Å². The minimum atomic E-state index is -2.81. The van der Waals surface area contributed by atoms with E-state index in [1.54, 1.807) is 13.0 Å². The van der Waals surface area contributed by atoms with Gasteiger partial charge >= 0.3 is 6.61 Å². The van der Waals surface area contributed by atoms with E-state index in [4.69, 9.17) is 0 Å². The van der Waals surface area contributed by atoms with Gasteiger partial charge in [-0.05, 0) is 25.5 Å². The summed E-state index contributed by atoms with van der Waals surface area (Å²) < 4.78 is 27.6. The topological polar surface area (TPSA) is 22.1 Å². The maximum Gasteiger partial charge on any atom is 0.388 e. The maximum absolute atomic E-state index is 11.7. The highest BCUT2D eigenvalue weighted by Crippen LogP contribution is 2.16. The first kappa shape index (κ1) is 12.8. The Hall–Kier alpha value is -1.19. The summed E-state index contributed by atoms with van der Waals surface area (Å²) in [4.78, 5) is 3.72. The molecule has 0 bridgehead atoms. The Kier molecular flexibility index (Phi) is 5.76. The molecule has 0 spiro atoms. The van der Waals surface area contributed by atoms with Crippen LogP contribution in [0.2, 0.25) is 0 Å². The summed E-state index contributed by atoms with van der Waals surface area (Å²) in [6.07, 6.45) is 1.49. The van der Waals surface area contributed by atoms with Crippen LogP contribution in [-0.4, -0.2) is 11.6 Å². The average molecular weight is 203 g/mol. The second kappa shape index (κ2) is 6.29. The van der Waals surface area contributed by atoms with E-state index in [-0.39, 0.29) is 5.88 Å². The maximum atomic E-state index is 11.7. The molecule has 1 rings (SSSR count). The number of aryl methyl sites for hydroxylation is 2. The van der Waals surface area contributed by atoms with Crippen molar-refractivity contribution in [3.63, 3.8) is 0 Å². The van der Waals surface area contributed by atoms with Gasteiger partial charge in [-0.2, -0.15) is 8.78 Å². The number of halogens is 2. The average Bonchev–Trinajstić information content (AvgIpc) is 2.13. The molecule has 1 aromatic rings. The summed E-state index contributed by atoms with van der Waals surface area (Å²) in [5, 5.41) is 0. The highest BCUT2D eigenvalue weighted by molar-refractivity contribution is 5.27. The number of aromatic nitrogens is 1. The van der Waals surface area contributed by atoms with E-state index in [2.05, 4.69) is 9.72 Å². The minimum Gasteiger partial charge on any atom is -0.417 e. The molecule has 0 aliphatic heterocycles. The molecule has 0 aliphatic carbocycles. The predicted molar refractivity (Wildman–Crippen MR) is 51.7 cm³/mol. The molecule has 0 aromatic carbocycles. The van der Waals surface area contributed by atoms with E-state index in [1.807, 2.05) is 20.8 Å². The Morgan fingerprint density at radius 2 is 1.86 bits per heavy atom. The molecule has 2 nitrogen and oxygen atoms in total. The number of ether oxygens (including phenoxy) is 1. The lowest BCUT2D eigenvalue weighted by molar-refractivity contribution is -0.0533. The van der Waals surface area contributed by atoms with Gasteiger partial charge in [-0.25, -0.2) is 4.98 Å². The van der Waals surface area contributed by atoms with Gasteiger partial charge in [0, 0.05) is 11.8 Å². The van der Waals surface area contributed by atoms with Gasteiger partial charge in [0.1, 0.15) is 0 Å². The fourth-order valence-electron chi connectivity index (χ4n) is 0.911. The molecule has 0 saturated carbocycles. The van der Waals surface area contributed by atoms with Crippen LogP contribution < -0.4 is 4.74 Å². The molecule has 1 heterocycles. The second-order valence-electron chi connectivity index (χ2n) is 2.51. The van der Waals surface area contributed by atoms with E-state index >= 15 is 0 Å². The van der Waals surface area contributed by atoms with Gasteiger partial charge in [0.15, 0.2) is 0 Å². The molecular weight excluding hydrogens is 188 g/mol. The van der Waals surface area contributed by atoms with Gasteiger partial charge in [-0.15, -0.1) is 0 Å².